The van der Waals surface area contributed by atoms with Crippen LogP contribution in [0.3, 0.4) is 0 Å². The quantitative estimate of drug-likeness (QED) is 0.498. The van der Waals surface area contributed by atoms with E-state index in [0.29, 0.717) is 17.9 Å². The fraction of sp³-hybridized carbons (Fsp3) is 0.312. The average molecular weight is 346 g/mol. The minimum atomic E-state index is -0.601. The van der Waals surface area contributed by atoms with Crippen molar-refractivity contribution in [3.63, 3.8) is 0 Å². The molecule has 24 heavy (non-hydrogen) atoms. The predicted molar refractivity (Wildman–Crippen MR) is 91.7 cm³/mol. The van der Waals surface area contributed by atoms with Gasteiger partial charge in [0.15, 0.2) is 6.10 Å². The minimum Gasteiger partial charge on any atom is -0.478 e. The number of anilines is 1. The standard InChI is InChI=1S/C16H18N4O3S/c1-3-13-16(22)20(7-15(21)19-17)12-6-10(4-5-14(12)23-13)11-8-24-9(2)18-11/h4-6,8,13H,3,7,17H2,1-2H3,(H,19,21). The third-order valence-electron chi connectivity index (χ3n) is 3.81. The maximum absolute atomic E-state index is 12.6. The van der Waals surface area contributed by atoms with E-state index >= 15 is 0 Å². The zero-order valence-corrected chi connectivity index (χ0v) is 14.2. The van der Waals surface area contributed by atoms with Gasteiger partial charge in [0.05, 0.1) is 16.4 Å². The molecule has 1 aliphatic heterocycles. The number of aromatic nitrogens is 1. The van der Waals surface area contributed by atoms with E-state index in [4.69, 9.17) is 10.6 Å². The maximum Gasteiger partial charge on any atom is 0.268 e. The molecular formula is C16H18N4O3S. The van der Waals surface area contributed by atoms with Gasteiger partial charge < -0.3 is 4.74 Å². The highest BCUT2D eigenvalue weighted by Gasteiger charge is 2.34. The zero-order chi connectivity index (χ0) is 17.3. The van der Waals surface area contributed by atoms with E-state index in [2.05, 4.69) is 10.4 Å². The van der Waals surface area contributed by atoms with Crippen LogP contribution in [0.2, 0.25) is 0 Å². The first-order valence-corrected chi connectivity index (χ1v) is 8.45. The number of amides is 2. The van der Waals surface area contributed by atoms with Gasteiger partial charge in [0.2, 0.25) is 0 Å². The summed E-state index contributed by atoms with van der Waals surface area (Å²) in [6, 6.07) is 5.52. The summed E-state index contributed by atoms with van der Waals surface area (Å²) in [4.78, 5) is 30.2. The second-order valence-corrected chi connectivity index (χ2v) is 6.50. The fourth-order valence-corrected chi connectivity index (χ4v) is 3.21. The number of nitrogens with zero attached hydrogens (tertiary/aromatic N) is 2. The van der Waals surface area contributed by atoms with Crippen LogP contribution in [0.15, 0.2) is 23.6 Å². The van der Waals surface area contributed by atoms with Crippen LogP contribution < -0.4 is 20.9 Å². The normalized spacial score (nSPS) is 16.5. The van der Waals surface area contributed by atoms with Crippen molar-refractivity contribution in [1.29, 1.82) is 0 Å². The van der Waals surface area contributed by atoms with Crippen molar-refractivity contribution in [3.05, 3.63) is 28.6 Å². The predicted octanol–water partition coefficient (Wildman–Crippen LogP) is 1.61. The lowest BCUT2D eigenvalue weighted by Gasteiger charge is -2.33. The number of carbonyl (C=O) groups excluding carboxylic acids is 2. The molecule has 1 atom stereocenters. The number of hydrazine groups is 1. The summed E-state index contributed by atoms with van der Waals surface area (Å²) in [5.41, 5.74) is 4.30. The first kappa shape index (κ1) is 16.4. The van der Waals surface area contributed by atoms with Crippen LogP contribution in [-0.4, -0.2) is 29.4 Å². The van der Waals surface area contributed by atoms with Crippen molar-refractivity contribution in [2.45, 2.75) is 26.4 Å². The van der Waals surface area contributed by atoms with Crippen LogP contribution in [0, 0.1) is 6.92 Å². The number of nitrogens with two attached hydrogens (primary N) is 1. The summed E-state index contributed by atoms with van der Waals surface area (Å²) in [6.45, 7) is 3.64. The Morgan fingerprint density at radius 2 is 2.29 bits per heavy atom. The van der Waals surface area contributed by atoms with Crippen LogP contribution in [0.4, 0.5) is 5.69 Å². The van der Waals surface area contributed by atoms with E-state index in [1.54, 1.807) is 11.3 Å². The molecule has 0 radical (unpaired) electrons. The molecule has 0 fully saturated rings. The molecule has 126 valence electrons. The van der Waals surface area contributed by atoms with Crippen LogP contribution in [0.1, 0.15) is 18.4 Å². The molecule has 2 amide bonds. The highest BCUT2D eigenvalue weighted by atomic mass is 32.1. The second-order valence-electron chi connectivity index (χ2n) is 5.44. The molecular weight excluding hydrogens is 328 g/mol. The summed E-state index contributed by atoms with van der Waals surface area (Å²) in [5.74, 6) is 5.05. The molecule has 0 aliphatic carbocycles. The Kier molecular flexibility index (Phi) is 4.50. The summed E-state index contributed by atoms with van der Waals surface area (Å²) in [5, 5.41) is 2.91. The Hall–Kier alpha value is -2.45. The smallest absolute Gasteiger partial charge is 0.268 e. The van der Waals surface area contributed by atoms with Crippen LogP contribution in [-0.2, 0) is 9.59 Å². The topological polar surface area (TPSA) is 97.6 Å². The van der Waals surface area contributed by atoms with Gasteiger partial charge in [-0.1, -0.05) is 6.92 Å². The minimum absolute atomic E-state index is 0.151. The molecule has 1 aliphatic rings. The van der Waals surface area contributed by atoms with Crippen LogP contribution in [0.5, 0.6) is 5.75 Å². The molecule has 7 nitrogen and oxygen atoms in total. The number of hydrogen-bond acceptors (Lipinski definition) is 6. The van der Waals surface area contributed by atoms with Gasteiger partial charge in [-0.15, -0.1) is 11.3 Å². The fourth-order valence-electron chi connectivity index (χ4n) is 2.59. The van der Waals surface area contributed by atoms with E-state index < -0.39 is 12.0 Å². The zero-order valence-electron chi connectivity index (χ0n) is 13.4. The van der Waals surface area contributed by atoms with Gasteiger partial charge >= 0.3 is 0 Å². The molecule has 0 spiro atoms. The average Bonchev–Trinajstić information content (AvgIpc) is 3.03. The van der Waals surface area contributed by atoms with E-state index in [1.165, 1.54) is 4.90 Å². The Bertz CT molecular complexity index is 789. The number of nitrogens with one attached hydrogen (secondary N) is 1. The molecule has 2 aromatic rings. The molecule has 3 N–H and O–H groups in total. The summed E-state index contributed by atoms with van der Waals surface area (Å²) in [7, 11) is 0. The molecule has 0 bridgehead atoms. The molecule has 2 heterocycles. The van der Waals surface area contributed by atoms with Crippen LogP contribution in [0.25, 0.3) is 11.3 Å². The summed E-state index contributed by atoms with van der Waals surface area (Å²) < 4.78 is 5.76. The molecule has 0 saturated heterocycles. The molecule has 1 aromatic heterocycles. The van der Waals surface area contributed by atoms with Gasteiger partial charge in [-0.2, -0.15) is 0 Å². The van der Waals surface area contributed by atoms with E-state index in [9.17, 15) is 9.59 Å². The van der Waals surface area contributed by atoms with Gasteiger partial charge in [-0.25, -0.2) is 10.8 Å². The lowest BCUT2D eigenvalue weighted by atomic mass is 10.1. The van der Waals surface area contributed by atoms with Gasteiger partial charge in [0, 0.05) is 10.9 Å². The number of benzene rings is 1. The van der Waals surface area contributed by atoms with Crippen LogP contribution >= 0.6 is 11.3 Å². The summed E-state index contributed by atoms with van der Waals surface area (Å²) >= 11 is 1.55. The lowest BCUT2D eigenvalue weighted by molar-refractivity contribution is -0.129. The van der Waals surface area contributed by atoms with Gasteiger partial charge in [0.1, 0.15) is 12.3 Å². The lowest BCUT2D eigenvalue weighted by Crippen LogP contribution is -2.50. The van der Waals surface area contributed by atoms with Gasteiger partial charge in [-0.05, 0) is 31.5 Å². The van der Waals surface area contributed by atoms with Crippen molar-refractivity contribution in [2.75, 3.05) is 11.4 Å². The Labute approximate surface area is 143 Å². The number of thiazole rings is 1. The van der Waals surface area contributed by atoms with Crippen molar-refractivity contribution in [3.8, 4) is 17.0 Å². The number of carbonyl (C=O) groups is 2. The van der Waals surface area contributed by atoms with Crippen molar-refractivity contribution < 1.29 is 14.3 Å². The number of fused-ring (bicyclic) bond motifs is 1. The highest BCUT2D eigenvalue weighted by Crippen LogP contribution is 2.38. The molecule has 1 aromatic carbocycles. The van der Waals surface area contributed by atoms with Crippen molar-refractivity contribution in [1.82, 2.24) is 10.4 Å². The number of ether oxygens (including phenoxy) is 1. The van der Waals surface area contributed by atoms with Gasteiger partial charge in [-0.3, -0.25) is 19.9 Å². The first-order valence-electron chi connectivity index (χ1n) is 7.57. The third kappa shape index (κ3) is 2.98. The Morgan fingerprint density at radius 1 is 1.50 bits per heavy atom. The SMILES string of the molecule is CCC1Oc2ccc(-c3csc(C)n3)cc2N(CC(=O)NN)C1=O. The molecule has 8 heteroatoms. The molecule has 1 unspecified atom stereocenters. The number of hydrogen-bond donors (Lipinski definition) is 2. The highest BCUT2D eigenvalue weighted by molar-refractivity contribution is 7.09. The molecule has 3 rings (SSSR count). The van der Waals surface area contributed by atoms with Crippen molar-refractivity contribution >= 4 is 28.8 Å². The largest absolute Gasteiger partial charge is 0.478 e. The van der Waals surface area contributed by atoms with E-state index in [-0.39, 0.29) is 12.5 Å². The number of rotatable bonds is 4. The Morgan fingerprint density at radius 3 is 2.92 bits per heavy atom. The maximum atomic E-state index is 12.6. The van der Waals surface area contributed by atoms with E-state index in [1.807, 2.05) is 37.4 Å². The monoisotopic (exact) mass is 346 g/mol. The third-order valence-corrected chi connectivity index (χ3v) is 4.58. The van der Waals surface area contributed by atoms with E-state index in [0.717, 1.165) is 16.3 Å². The molecule has 0 saturated carbocycles. The number of aryl methyl sites for hydroxylation is 1. The van der Waals surface area contributed by atoms with Gasteiger partial charge in [0.25, 0.3) is 11.8 Å². The van der Waals surface area contributed by atoms with Crippen molar-refractivity contribution in [2.24, 2.45) is 5.84 Å². The first-order chi connectivity index (χ1) is 11.5. The Balaban J connectivity index is 2.04. The second kappa shape index (κ2) is 6.58. The summed E-state index contributed by atoms with van der Waals surface area (Å²) in [6.07, 6.45) is -0.0816.